The van der Waals surface area contributed by atoms with Crippen LogP contribution in [0.3, 0.4) is 0 Å². The largest absolute Gasteiger partial charge is 0.508 e. The van der Waals surface area contributed by atoms with Crippen molar-refractivity contribution in [2.24, 2.45) is 0 Å². The van der Waals surface area contributed by atoms with E-state index >= 15 is 0 Å². The molecule has 2 heterocycles. The van der Waals surface area contributed by atoms with Gasteiger partial charge in [0.15, 0.2) is 0 Å². The Hall–Kier alpha value is -4.60. The summed E-state index contributed by atoms with van der Waals surface area (Å²) in [5, 5.41) is 22.2. The van der Waals surface area contributed by atoms with E-state index < -0.39 is 0 Å². The van der Waals surface area contributed by atoms with Gasteiger partial charge in [0.2, 0.25) is 0 Å². The number of phenolic OH excluding ortho intramolecular Hbond substituents is 2. The Kier molecular flexibility index (Phi) is 5.92. The van der Waals surface area contributed by atoms with Gasteiger partial charge in [-0.3, -0.25) is 9.36 Å². The maximum atomic E-state index is 13.6. The molecule has 0 fully saturated rings. The fourth-order valence-corrected chi connectivity index (χ4v) is 4.37. The van der Waals surface area contributed by atoms with Crippen LogP contribution >= 0.6 is 11.3 Å². The third kappa shape index (κ3) is 4.58. The molecule has 35 heavy (non-hydrogen) atoms. The number of fused-ring (bicyclic) bond motifs is 1. The van der Waals surface area contributed by atoms with E-state index in [0.717, 1.165) is 16.0 Å². The molecule has 0 unspecified atom stereocenters. The predicted octanol–water partition coefficient (Wildman–Crippen LogP) is 5.74. The fourth-order valence-electron chi connectivity index (χ4n) is 3.80. The highest BCUT2D eigenvalue weighted by Gasteiger charge is 2.13. The number of aryl methyl sites for hydroxylation is 1. The smallest absolute Gasteiger partial charge is 0.266 e. The third-order valence-electron chi connectivity index (χ3n) is 5.52. The van der Waals surface area contributed by atoms with E-state index in [-0.39, 0.29) is 17.1 Å². The van der Waals surface area contributed by atoms with Gasteiger partial charge in [0, 0.05) is 17.2 Å². The Morgan fingerprint density at radius 3 is 2.57 bits per heavy atom. The van der Waals surface area contributed by atoms with Gasteiger partial charge in [0.05, 0.1) is 21.5 Å². The van der Waals surface area contributed by atoms with E-state index in [0.29, 0.717) is 28.0 Å². The maximum absolute atomic E-state index is 13.6. The SMILES string of the molecule is Cc1cc(C#Cc2cccs2)ccc1-n1c(/C=C/c2ccc(O)cc2O)nc2ccccc2c1=O. The molecule has 0 saturated carbocycles. The summed E-state index contributed by atoms with van der Waals surface area (Å²) in [5.41, 5.74) is 3.32. The highest BCUT2D eigenvalue weighted by molar-refractivity contribution is 7.10. The minimum Gasteiger partial charge on any atom is -0.508 e. The first-order chi connectivity index (χ1) is 17.0. The summed E-state index contributed by atoms with van der Waals surface area (Å²) in [6.07, 6.45) is 3.35. The van der Waals surface area contributed by atoms with Gasteiger partial charge in [-0.2, -0.15) is 0 Å². The standard InChI is InChI=1S/C29H20N2O3S/c1-19-17-20(8-13-23-5-4-16-35-23)9-14-26(19)31-28(15-11-21-10-12-22(32)18-27(21)33)30-25-7-3-2-6-24(25)29(31)34/h2-7,9-12,14-18,32-33H,1H3/b15-11+. The van der Waals surface area contributed by atoms with Crippen LogP contribution < -0.4 is 5.56 Å². The van der Waals surface area contributed by atoms with Crippen LogP contribution in [0.4, 0.5) is 0 Å². The molecule has 170 valence electrons. The van der Waals surface area contributed by atoms with Crippen LogP contribution in [-0.2, 0) is 0 Å². The zero-order valence-corrected chi connectivity index (χ0v) is 19.6. The molecule has 3 aromatic carbocycles. The van der Waals surface area contributed by atoms with E-state index in [2.05, 4.69) is 11.8 Å². The number of thiophene rings is 1. The summed E-state index contributed by atoms with van der Waals surface area (Å²) in [5.74, 6) is 6.66. The molecule has 5 nitrogen and oxygen atoms in total. The van der Waals surface area contributed by atoms with Gasteiger partial charge in [0.25, 0.3) is 5.56 Å². The van der Waals surface area contributed by atoms with Crippen LogP contribution in [0.5, 0.6) is 11.5 Å². The second kappa shape index (κ2) is 9.34. The van der Waals surface area contributed by atoms with Crippen molar-refractivity contribution in [3.05, 3.63) is 116 Å². The second-order valence-corrected chi connectivity index (χ2v) is 8.88. The van der Waals surface area contributed by atoms with Gasteiger partial charge in [-0.15, -0.1) is 11.3 Å². The molecule has 6 heteroatoms. The number of para-hydroxylation sites is 1. The normalized spacial score (nSPS) is 11.0. The Bertz CT molecular complexity index is 1700. The summed E-state index contributed by atoms with van der Waals surface area (Å²) in [7, 11) is 0. The van der Waals surface area contributed by atoms with Crippen LogP contribution in [0.25, 0.3) is 28.7 Å². The number of hydrogen-bond donors (Lipinski definition) is 2. The lowest BCUT2D eigenvalue weighted by Crippen LogP contribution is -2.23. The van der Waals surface area contributed by atoms with E-state index in [9.17, 15) is 15.0 Å². The molecule has 0 aliphatic rings. The lowest BCUT2D eigenvalue weighted by Gasteiger charge is -2.14. The van der Waals surface area contributed by atoms with Crippen molar-refractivity contribution in [3.8, 4) is 29.0 Å². The Balaban J connectivity index is 1.64. The number of benzene rings is 3. The summed E-state index contributed by atoms with van der Waals surface area (Å²) in [4.78, 5) is 19.3. The topological polar surface area (TPSA) is 75.3 Å². The first kappa shape index (κ1) is 22.2. The molecular formula is C29H20N2O3S. The highest BCUT2D eigenvalue weighted by atomic mass is 32.1. The molecule has 0 amide bonds. The first-order valence-electron chi connectivity index (χ1n) is 10.9. The van der Waals surface area contributed by atoms with Gasteiger partial charge in [-0.25, -0.2) is 4.98 Å². The quantitative estimate of drug-likeness (QED) is 0.326. The molecule has 0 bridgehead atoms. The lowest BCUT2D eigenvalue weighted by atomic mass is 10.1. The summed E-state index contributed by atoms with van der Waals surface area (Å²) >= 11 is 1.59. The summed E-state index contributed by atoms with van der Waals surface area (Å²) < 4.78 is 1.57. The number of nitrogens with zero attached hydrogens (tertiary/aromatic N) is 2. The monoisotopic (exact) mass is 476 g/mol. The second-order valence-electron chi connectivity index (χ2n) is 7.93. The predicted molar refractivity (Wildman–Crippen MR) is 141 cm³/mol. The third-order valence-corrected chi connectivity index (χ3v) is 6.30. The fraction of sp³-hybridized carbons (Fsp3) is 0.0345. The Labute approximate surface area is 205 Å². The van der Waals surface area contributed by atoms with E-state index in [1.54, 1.807) is 46.3 Å². The number of phenols is 2. The Morgan fingerprint density at radius 1 is 0.943 bits per heavy atom. The van der Waals surface area contributed by atoms with Gasteiger partial charge in [0.1, 0.15) is 17.3 Å². The maximum Gasteiger partial charge on any atom is 0.266 e. The average molecular weight is 477 g/mol. The van der Waals surface area contributed by atoms with Crippen molar-refractivity contribution in [1.29, 1.82) is 0 Å². The summed E-state index contributed by atoms with van der Waals surface area (Å²) in [6.45, 7) is 1.94. The van der Waals surface area contributed by atoms with Crippen LogP contribution in [0.15, 0.2) is 83.0 Å². The van der Waals surface area contributed by atoms with Crippen LogP contribution in [-0.4, -0.2) is 19.8 Å². The highest BCUT2D eigenvalue weighted by Crippen LogP contribution is 2.25. The molecule has 0 saturated heterocycles. The molecule has 5 aromatic rings. The van der Waals surface area contributed by atoms with Crippen molar-refractivity contribution in [2.75, 3.05) is 0 Å². The molecule has 2 N–H and O–H groups in total. The molecule has 0 aliphatic carbocycles. The molecule has 0 aliphatic heterocycles. The van der Waals surface area contributed by atoms with Crippen molar-refractivity contribution in [3.63, 3.8) is 0 Å². The molecular weight excluding hydrogens is 456 g/mol. The molecule has 0 spiro atoms. The number of rotatable bonds is 3. The minimum absolute atomic E-state index is 0.0294. The zero-order chi connectivity index (χ0) is 24.4. The van der Waals surface area contributed by atoms with Gasteiger partial charge in [-0.05, 0) is 78.6 Å². The molecule has 0 atom stereocenters. The van der Waals surface area contributed by atoms with Gasteiger partial charge >= 0.3 is 0 Å². The number of aromatic hydroxyl groups is 2. The molecule has 5 rings (SSSR count). The van der Waals surface area contributed by atoms with Crippen LogP contribution in [0.2, 0.25) is 0 Å². The van der Waals surface area contributed by atoms with E-state index in [1.165, 1.54) is 12.1 Å². The van der Waals surface area contributed by atoms with E-state index in [1.807, 2.05) is 54.8 Å². The first-order valence-corrected chi connectivity index (χ1v) is 11.8. The van der Waals surface area contributed by atoms with E-state index in [4.69, 9.17) is 4.98 Å². The van der Waals surface area contributed by atoms with Gasteiger partial charge < -0.3 is 10.2 Å². The van der Waals surface area contributed by atoms with Crippen molar-refractivity contribution in [2.45, 2.75) is 6.92 Å². The van der Waals surface area contributed by atoms with Crippen molar-refractivity contribution >= 4 is 34.4 Å². The molecule has 0 radical (unpaired) electrons. The lowest BCUT2D eigenvalue weighted by molar-refractivity contribution is 0.450. The minimum atomic E-state index is -0.189. The van der Waals surface area contributed by atoms with Crippen molar-refractivity contribution in [1.82, 2.24) is 9.55 Å². The van der Waals surface area contributed by atoms with Crippen LogP contribution in [0, 0.1) is 18.8 Å². The Morgan fingerprint density at radius 2 is 1.80 bits per heavy atom. The summed E-state index contributed by atoms with van der Waals surface area (Å²) in [6, 6.07) is 21.2. The average Bonchev–Trinajstić information content (AvgIpc) is 3.37. The molecule has 2 aromatic heterocycles. The van der Waals surface area contributed by atoms with Crippen molar-refractivity contribution < 1.29 is 10.2 Å². The number of hydrogen-bond acceptors (Lipinski definition) is 5. The van der Waals surface area contributed by atoms with Gasteiger partial charge in [-0.1, -0.05) is 30.0 Å². The number of aromatic nitrogens is 2. The zero-order valence-electron chi connectivity index (χ0n) is 18.8. The van der Waals surface area contributed by atoms with Crippen LogP contribution in [0.1, 0.15) is 27.4 Å².